The maximum Gasteiger partial charge on any atom is 0.416 e. The molecule has 2 aromatic heterocycles. The van der Waals surface area contributed by atoms with Crippen LogP contribution in [0.5, 0.6) is 0 Å². The van der Waals surface area contributed by atoms with E-state index in [1.54, 1.807) is 13.0 Å². The molecule has 1 aromatic carbocycles. The molecule has 0 bridgehead atoms. The number of halogens is 4. The van der Waals surface area contributed by atoms with Crippen molar-refractivity contribution in [3.05, 3.63) is 63.3 Å². The second-order valence-electron chi connectivity index (χ2n) is 5.07. The fourth-order valence-corrected chi connectivity index (χ4v) is 2.69. The summed E-state index contributed by atoms with van der Waals surface area (Å²) in [6.45, 7) is 1.77. The number of nitrogens with zero attached hydrogens (tertiary/aromatic N) is 3. The molecule has 0 aliphatic rings. The van der Waals surface area contributed by atoms with E-state index < -0.39 is 17.4 Å². The van der Waals surface area contributed by atoms with Crippen molar-refractivity contribution in [2.45, 2.75) is 19.5 Å². The predicted molar refractivity (Wildman–Crippen MR) is 84.5 cm³/mol. The molecule has 124 valence electrons. The largest absolute Gasteiger partial charge is 0.416 e. The molecule has 0 radical (unpaired) electrons. The van der Waals surface area contributed by atoms with Crippen LogP contribution in [0.25, 0.3) is 16.7 Å². The molecule has 0 spiro atoms. The number of benzene rings is 1. The minimum atomic E-state index is -4.53. The Morgan fingerprint density at radius 1 is 1.25 bits per heavy atom. The van der Waals surface area contributed by atoms with E-state index in [9.17, 15) is 18.0 Å². The van der Waals surface area contributed by atoms with Crippen molar-refractivity contribution in [3.63, 3.8) is 0 Å². The summed E-state index contributed by atoms with van der Waals surface area (Å²) < 4.78 is 40.2. The van der Waals surface area contributed by atoms with E-state index in [4.69, 9.17) is 11.6 Å². The van der Waals surface area contributed by atoms with E-state index in [-0.39, 0.29) is 16.4 Å². The quantitative estimate of drug-likeness (QED) is 0.699. The number of hydrogen-bond donors (Lipinski definition) is 0. The Morgan fingerprint density at radius 2 is 2.00 bits per heavy atom. The fraction of sp³-hybridized carbons (Fsp3) is 0.188. The standard InChI is InChI=1S/C16H11ClF3N3O/c1-2-12-10-6-5-9(16(18,19)20)8-13(10)23(15(24)22-12)14-11(17)4-3-7-21-14/h3-8H,2H2,1H3. The van der Waals surface area contributed by atoms with E-state index in [0.717, 1.165) is 16.7 Å². The lowest BCUT2D eigenvalue weighted by atomic mass is 10.1. The molecule has 3 aromatic rings. The number of fused-ring (bicyclic) bond motifs is 1. The predicted octanol–water partition coefficient (Wildman–Crippen LogP) is 4.02. The third kappa shape index (κ3) is 2.75. The van der Waals surface area contributed by atoms with Gasteiger partial charge in [-0.3, -0.25) is 0 Å². The van der Waals surface area contributed by atoms with Gasteiger partial charge in [-0.25, -0.2) is 14.3 Å². The van der Waals surface area contributed by atoms with Crippen molar-refractivity contribution in [1.82, 2.24) is 14.5 Å². The van der Waals surface area contributed by atoms with E-state index >= 15 is 0 Å². The average molecular weight is 354 g/mol. The molecule has 0 aliphatic carbocycles. The summed E-state index contributed by atoms with van der Waals surface area (Å²) in [5, 5.41) is 0.594. The summed E-state index contributed by atoms with van der Waals surface area (Å²) >= 11 is 6.06. The van der Waals surface area contributed by atoms with Crippen LogP contribution in [0.15, 0.2) is 41.3 Å². The SMILES string of the molecule is CCc1nc(=O)n(-c2ncccc2Cl)c2cc(C(F)(F)F)ccc12. The van der Waals surface area contributed by atoms with Crippen LogP contribution in [-0.4, -0.2) is 14.5 Å². The zero-order valence-corrected chi connectivity index (χ0v) is 13.2. The monoisotopic (exact) mass is 353 g/mol. The summed E-state index contributed by atoms with van der Waals surface area (Å²) in [4.78, 5) is 20.4. The number of aromatic nitrogens is 3. The number of rotatable bonds is 2. The van der Waals surface area contributed by atoms with Crippen molar-refractivity contribution in [2.75, 3.05) is 0 Å². The van der Waals surface area contributed by atoms with Gasteiger partial charge in [0, 0.05) is 11.6 Å². The average Bonchev–Trinajstić information content (AvgIpc) is 2.54. The van der Waals surface area contributed by atoms with E-state index in [1.807, 2.05) is 0 Å². The molecule has 0 unspecified atom stereocenters. The highest BCUT2D eigenvalue weighted by atomic mass is 35.5. The summed E-state index contributed by atoms with van der Waals surface area (Å²) in [6.07, 6.45) is -2.71. The minimum absolute atomic E-state index is 0.0450. The van der Waals surface area contributed by atoms with Gasteiger partial charge in [0.1, 0.15) is 0 Å². The van der Waals surface area contributed by atoms with Crippen LogP contribution in [0, 0.1) is 0 Å². The molecular weight excluding hydrogens is 343 g/mol. The number of aryl methyl sites for hydroxylation is 1. The molecule has 0 aliphatic heterocycles. The van der Waals surface area contributed by atoms with E-state index in [1.165, 1.54) is 18.3 Å². The summed E-state index contributed by atoms with van der Waals surface area (Å²) in [5.74, 6) is 0.0450. The number of alkyl halides is 3. The normalized spacial score (nSPS) is 11.9. The van der Waals surface area contributed by atoms with E-state index in [0.29, 0.717) is 17.5 Å². The van der Waals surface area contributed by atoms with Gasteiger partial charge in [-0.1, -0.05) is 24.6 Å². The van der Waals surface area contributed by atoms with Gasteiger partial charge in [0.15, 0.2) is 5.82 Å². The Balaban J connectivity index is 2.46. The summed E-state index contributed by atoms with van der Waals surface area (Å²) in [5.41, 5.74) is -1.09. The maximum atomic E-state index is 13.1. The van der Waals surface area contributed by atoms with E-state index in [2.05, 4.69) is 9.97 Å². The molecule has 0 atom stereocenters. The van der Waals surface area contributed by atoms with Crippen molar-refractivity contribution in [2.24, 2.45) is 0 Å². The molecule has 0 saturated carbocycles. The van der Waals surface area contributed by atoms with Gasteiger partial charge in [-0.05, 0) is 30.7 Å². The molecule has 4 nitrogen and oxygen atoms in total. The summed E-state index contributed by atoms with van der Waals surface area (Å²) in [7, 11) is 0. The lowest BCUT2D eigenvalue weighted by Crippen LogP contribution is -2.25. The van der Waals surface area contributed by atoms with Crippen LogP contribution < -0.4 is 5.69 Å². The minimum Gasteiger partial charge on any atom is -0.245 e. The van der Waals surface area contributed by atoms with Gasteiger partial charge < -0.3 is 0 Å². The highest BCUT2D eigenvalue weighted by Gasteiger charge is 2.31. The van der Waals surface area contributed by atoms with Gasteiger partial charge in [-0.15, -0.1) is 0 Å². The van der Waals surface area contributed by atoms with Gasteiger partial charge in [-0.2, -0.15) is 18.2 Å². The van der Waals surface area contributed by atoms with Gasteiger partial charge in [0.2, 0.25) is 0 Å². The molecule has 8 heteroatoms. The third-order valence-corrected chi connectivity index (χ3v) is 3.88. The zero-order valence-electron chi connectivity index (χ0n) is 12.4. The fourth-order valence-electron chi connectivity index (χ4n) is 2.48. The smallest absolute Gasteiger partial charge is 0.245 e. The molecule has 0 amide bonds. The Labute approximate surface area is 139 Å². The highest BCUT2D eigenvalue weighted by Crippen LogP contribution is 2.32. The molecule has 0 N–H and O–H groups in total. The second kappa shape index (κ2) is 5.90. The number of hydrogen-bond acceptors (Lipinski definition) is 3. The Morgan fingerprint density at radius 3 is 2.62 bits per heavy atom. The van der Waals surface area contributed by atoms with Crippen molar-refractivity contribution >= 4 is 22.5 Å². The van der Waals surface area contributed by atoms with Crippen molar-refractivity contribution in [3.8, 4) is 5.82 Å². The topological polar surface area (TPSA) is 47.8 Å². The second-order valence-corrected chi connectivity index (χ2v) is 5.48. The maximum absolute atomic E-state index is 13.1. The third-order valence-electron chi connectivity index (χ3n) is 3.58. The lowest BCUT2D eigenvalue weighted by Gasteiger charge is -2.14. The zero-order chi connectivity index (χ0) is 17.5. The Bertz CT molecular complexity index is 982. The van der Waals surface area contributed by atoms with Crippen molar-refractivity contribution < 1.29 is 13.2 Å². The first-order valence-corrected chi connectivity index (χ1v) is 7.44. The number of pyridine rings is 1. The Hall–Kier alpha value is -2.41. The van der Waals surface area contributed by atoms with Crippen LogP contribution in [0.2, 0.25) is 5.02 Å². The Kier molecular flexibility index (Phi) is 4.04. The van der Waals surface area contributed by atoms with Crippen LogP contribution in [0.4, 0.5) is 13.2 Å². The first kappa shape index (κ1) is 16.4. The van der Waals surface area contributed by atoms with Gasteiger partial charge in [0.25, 0.3) is 0 Å². The molecule has 24 heavy (non-hydrogen) atoms. The van der Waals surface area contributed by atoms with Gasteiger partial charge in [0.05, 0.1) is 21.8 Å². The first-order chi connectivity index (χ1) is 11.3. The molecule has 2 heterocycles. The first-order valence-electron chi connectivity index (χ1n) is 7.06. The summed E-state index contributed by atoms with van der Waals surface area (Å²) in [6, 6.07) is 6.27. The molecule has 0 saturated heterocycles. The molecular formula is C16H11ClF3N3O. The van der Waals surface area contributed by atoms with Crippen LogP contribution >= 0.6 is 11.6 Å². The van der Waals surface area contributed by atoms with Crippen LogP contribution in [-0.2, 0) is 12.6 Å². The van der Waals surface area contributed by atoms with Crippen LogP contribution in [0.1, 0.15) is 18.2 Å². The molecule has 0 fully saturated rings. The molecule has 3 rings (SSSR count). The lowest BCUT2D eigenvalue weighted by molar-refractivity contribution is -0.137. The van der Waals surface area contributed by atoms with Gasteiger partial charge >= 0.3 is 11.9 Å². The van der Waals surface area contributed by atoms with Crippen molar-refractivity contribution in [1.29, 1.82) is 0 Å². The van der Waals surface area contributed by atoms with Crippen LogP contribution in [0.3, 0.4) is 0 Å². The highest BCUT2D eigenvalue weighted by molar-refractivity contribution is 6.32.